The van der Waals surface area contributed by atoms with Crippen LogP contribution in [-0.2, 0) is 11.1 Å². The molecular formula is C9H9O5S-. The summed E-state index contributed by atoms with van der Waals surface area (Å²) in [6.45, 7) is 0. The number of methoxy groups -OCH3 is 2. The van der Waals surface area contributed by atoms with Gasteiger partial charge in [-0.25, -0.2) is 0 Å². The van der Waals surface area contributed by atoms with Crippen LogP contribution in [0.2, 0.25) is 0 Å². The fraction of sp³-hybridized carbons (Fsp3) is 0.222. The first-order valence-corrected chi connectivity index (χ1v) is 5.03. The monoisotopic (exact) mass is 229 g/mol. The Hall–Kier alpha value is -1.40. The lowest BCUT2D eigenvalue weighted by atomic mass is 10.2. The van der Waals surface area contributed by atoms with Crippen LogP contribution in [0.3, 0.4) is 0 Å². The third-order valence-electron chi connectivity index (χ3n) is 1.78. The minimum absolute atomic E-state index is 0.00775. The molecule has 6 heteroatoms. The number of carbonyl (C=O) groups is 1. The van der Waals surface area contributed by atoms with Crippen molar-refractivity contribution in [3.8, 4) is 11.5 Å². The molecule has 1 unspecified atom stereocenters. The van der Waals surface area contributed by atoms with Crippen molar-refractivity contribution in [2.75, 3.05) is 14.2 Å². The highest BCUT2D eigenvalue weighted by atomic mass is 32.2. The fourth-order valence-electron chi connectivity index (χ4n) is 1.06. The normalized spacial score (nSPS) is 11.9. The Kier molecular flexibility index (Phi) is 3.81. The van der Waals surface area contributed by atoms with E-state index in [0.29, 0.717) is 5.75 Å². The van der Waals surface area contributed by atoms with Crippen molar-refractivity contribution < 1.29 is 23.0 Å². The van der Waals surface area contributed by atoms with Crippen molar-refractivity contribution in [3.05, 3.63) is 23.8 Å². The summed E-state index contributed by atoms with van der Waals surface area (Å²) in [6.07, 6.45) is 0. The summed E-state index contributed by atoms with van der Waals surface area (Å²) in [6, 6.07) is 4.28. The molecule has 0 aliphatic carbocycles. The van der Waals surface area contributed by atoms with Gasteiger partial charge in [-0.05, 0) is 12.1 Å². The summed E-state index contributed by atoms with van der Waals surface area (Å²) < 4.78 is 30.8. The number of rotatable bonds is 3. The SMILES string of the molecule is COc1ccc(C(=O)S(=O)[O-])c(OC)c1. The van der Waals surface area contributed by atoms with E-state index in [1.165, 1.54) is 32.4 Å². The fourth-order valence-corrected chi connectivity index (χ4v) is 1.41. The molecule has 0 saturated heterocycles. The van der Waals surface area contributed by atoms with Gasteiger partial charge >= 0.3 is 0 Å². The van der Waals surface area contributed by atoms with Gasteiger partial charge in [0.25, 0.3) is 0 Å². The average Bonchev–Trinajstić information content (AvgIpc) is 2.27. The average molecular weight is 229 g/mol. The lowest BCUT2D eigenvalue weighted by Gasteiger charge is -2.10. The smallest absolute Gasteiger partial charge is 0.239 e. The van der Waals surface area contributed by atoms with Gasteiger partial charge in [0.05, 0.1) is 19.8 Å². The molecule has 0 heterocycles. The van der Waals surface area contributed by atoms with Crippen LogP contribution in [0.4, 0.5) is 0 Å². The summed E-state index contributed by atoms with van der Waals surface area (Å²) in [7, 11) is 2.81. The minimum Gasteiger partial charge on any atom is -0.766 e. The van der Waals surface area contributed by atoms with E-state index >= 15 is 0 Å². The predicted octanol–water partition coefficient (Wildman–Crippen LogP) is 0.723. The molecule has 0 aliphatic rings. The second kappa shape index (κ2) is 4.90. The van der Waals surface area contributed by atoms with Crippen molar-refractivity contribution in [1.82, 2.24) is 0 Å². The minimum atomic E-state index is -2.79. The summed E-state index contributed by atoms with van der Waals surface area (Å²) in [5.74, 6) is 0.656. The Morgan fingerprint density at radius 1 is 1.33 bits per heavy atom. The predicted molar refractivity (Wildman–Crippen MR) is 52.8 cm³/mol. The Bertz CT molecular complexity index is 401. The van der Waals surface area contributed by atoms with E-state index in [-0.39, 0.29) is 11.3 Å². The molecule has 1 aromatic carbocycles. The number of ether oxygens (including phenoxy) is 2. The van der Waals surface area contributed by atoms with Crippen LogP contribution < -0.4 is 9.47 Å². The van der Waals surface area contributed by atoms with Crippen LogP contribution >= 0.6 is 0 Å². The zero-order chi connectivity index (χ0) is 11.4. The number of benzene rings is 1. The lowest BCUT2D eigenvalue weighted by molar-refractivity contribution is 0.107. The van der Waals surface area contributed by atoms with Crippen molar-refractivity contribution in [2.45, 2.75) is 0 Å². The number of hydrogen-bond acceptors (Lipinski definition) is 5. The van der Waals surface area contributed by atoms with Gasteiger partial charge in [-0.2, -0.15) is 0 Å². The van der Waals surface area contributed by atoms with Gasteiger partial charge in [0, 0.05) is 17.1 Å². The number of carbonyl (C=O) groups excluding carboxylic acids is 1. The van der Waals surface area contributed by atoms with Crippen LogP contribution in [0.1, 0.15) is 10.4 Å². The molecule has 1 rings (SSSR count). The first-order chi connectivity index (χ1) is 7.10. The molecule has 0 fully saturated rings. The van der Waals surface area contributed by atoms with E-state index in [9.17, 15) is 13.6 Å². The molecule has 0 N–H and O–H groups in total. The van der Waals surface area contributed by atoms with Gasteiger partial charge in [0.2, 0.25) is 5.12 Å². The highest BCUT2D eigenvalue weighted by Gasteiger charge is 2.13. The van der Waals surface area contributed by atoms with Gasteiger partial charge in [-0.1, -0.05) is 0 Å². The van der Waals surface area contributed by atoms with Gasteiger partial charge in [0.1, 0.15) is 11.5 Å². The topological polar surface area (TPSA) is 75.7 Å². The molecule has 0 amide bonds. The van der Waals surface area contributed by atoms with Gasteiger partial charge < -0.3 is 14.0 Å². The molecule has 0 spiro atoms. The van der Waals surface area contributed by atoms with Crippen LogP contribution in [0, 0.1) is 0 Å². The Morgan fingerprint density at radius 3 is 2.47 bits per heavy atom. The third-order valence-corrected chi connectivity index (χ3v) is 2.30. The maximum absolute atomic E-state index is 11.2. The van der Waals surface area contributed by atoms with Gasteiger partial charge in [-0.15, -0.1) is 0 Å². The van der Waals surface area contributed by atoms with Crippen molar-refractivity contribution in [2.24, 2.45) is 0 Å². The standard InChI is InChI=1S/C9H10O5S/c1-13-6-3-4-7(8(5-6)14-2)9(10)15(11)12/h3-5H,1-2H3,(H,11,12)/p-1. The second-order valence-corrected chi connectivity index (χ2v) is 3.43. The highest BCUT2D eigenvalue weighted by molar-refractivity contribution is 7.95. The molecule has 0 aliphatic heterocycles. The van der Waals surface area contributed by atoms with Crippen LogP contribution in [-0.4, -0.2) is 28.1 Å². The maximum Gasteiger partial charge on any atom is 0.239 e. The molecule has 0 bridgehead atoms. The second-order valence-electron chi connectivity index (χ2n) is 2.59. The molecule has 1 atom stereocenters. The maximum atomic E-state index is 11.2. The molecular weight excluding hydrogens is 220 g/mol. The zero-order valence-corrected chi connectivity index (χ0v) is 9.00. The van der Waals surface area contributed by atoms with Crippen molar-refractivity contribution >= 4 is 16.2 Å². The molecule has 0 saturated carbocycles. The third kappa shape index (κ3) is 2.54. The van der Waals surface area contributed by atoms with E-state index in [0.717, 1.165) is 0 Å². The van der Waals surface area contributed by atoms with E-state index < -0.39 is 16.2 Å². The van der Waals surface area contributed by atoms with Crippen LogP contribution in [0.5, 0.6) is 11.5 Å². The summed E-state index contributed by atoms with van der Waals surface area (Å²) in [5.41, 5.74) is -0.00775. The first kappa shape index (κ1) is 11.7. The zero-order valence-electron chi connectivity index (χ0n) is 8.18. The summed E-state index contributed by atoms with van der Waals surface area (Å²) >= 11 is -2.79. The van der Waals surface area contributed by atoms with Crippen LogP contribution in [0.25, 0.3) is 0 Å². The van der Waals surface area contributed by atoms with E-state index in [4.69, 9.17) is 9.47 Å². The molecule has 1 aromatic rings. The van der Waals surface area contributed by atoms with E-state index in [1.807, 2.05) is 0 Å². The molecule has 5 nitrogen and oxygen atoms in total. The Labute approximate surface area is 89.3 Å². The summed E-state index contributed by atoms with van der Waals surface area (Å²) in [4.78, 5) is 11.2. The number of hydrogen-bond donors (Lipinski definition) is 0. The first-order valence-electron chi connectivity index (χ1n) is 3.95. The molecule has 15 heavy (non-hydrogen) atoms. The largest absolute Gasteiger partial charge is 0.766 e. The van der Waals surface area contributed by atoms with Crippen LogP contribution in [0.15, 0.2) is 18.2 Å². The van der Waals surface area contributed by atoms with Crippen molar-refractivity contribution in [3.63, 3.8) is 0 Å². The molecule has 0 radical (unpaired) electrons. The molecule has 0 aromatic heterocycles. The molecule has 82 valence electrons. The van der Waals surface area contributed by atoms with E-state index in [1.54, 1.807) is 0 Å². The quantitative estimate of drug-likeness (QED) is 0.714. The van der Waals surface area contributed by atoms with Crippen molar-refractivity contribution in [1.29, 1.82) is 0 Å². The van der Waals surface area contributed by atoms with Gasteiger partial charge in [0.15, 0.2) is 0 Å². The Morgan fingerprint density at radius 2 is 2.00 bits per heavy atom. The lowest BCUT2D eigenvalue weighted by Crippen LogP contribution is -2.08. The van der Waals surface area contributed by atoms with E-state index in [2.05, 4.69) is 0 Å². The van der Waals surface area contributed by atoms with Gasteiger partial charge in [-0.3, -0.25) is 9.00 Å². The summed E-state index contributed by atoms with van der Waals surface area (Å²) in [5, 5.41) is -1.01. The highest BCUT2D eigenvalue weighted by Crippen LogP contribution is 2.25. The Balaban J connectivity index is 3.18.